The first-order chi connectivity index (χ1) is 40.6. The van der Waals surface area contributed by atoms with Crippen LogP contribution in [-0.4, -0.2) is 0 Å². The Morgan fingerprint density at radius 3 is 0.524 bits per heavy atom. The maximum atomic E-state index is 2.36. The van der Waals surface area contributed by atoms with E-state index in [1.54, 1.807) is 0 Å². The average Bonchev–Trinajstić information content (AvgIpc) is 3.58. The molecule has 0 unspecified atom stereocenters. The van der Waals surface area contributed by atoms with Crippen LogP contribution in [0.25, 0.3) is 36.5 Å². The van der Waals surface area contributed by atoms with Gasteiger partial charge in [0.05, 0.1) is 0 Å². The number of hydrogen-bond donors (Lipinski definition) is 0. The van der Waals surface area contributed by atoms with Gasteiger partial charge in [0.1, 0.15) is 0 Å². The number of para-hydroxylation sites is 6. The molecule has 4 nitrogen and oxygen atoms in total. The SMILES string of the molecule is C(=Cc1cccc(N(c2cccc(C=Cc3ccc(N(c4ccccc4)c4ccccc4)cc3)c2)c2cccc(C=Cc3ccc(N(c4ccccc4)c4ccccc4)cc3)c2)c1)c1ccc(N(c2ccccc2)c2ccccc2)cc1. The van der Waals surface area contributed by atoms with Gasteiger partial charge in [-0.3, -0.25) is 0 Å². The molecule has 0 amide bonds. The molecule has 0 bridgehead atoms. The fraction of sp³-hybridized carbons (Fsp3) is 0. The van der Waals surface area contributed by atoms with Crippen LogP contribution in [0.2, 0.25) is 0 Å². The summed E-state index contributed by atoms with van der Waals surface area (Å²) >= 11 is 0. The first-order valence-corrected chi connectivity index (χ1v) is 27.8. The molecular weight excluding hydrogens is 993 g/mol. The van der Waals surface area contributed by atoms with E-state index in [1.165, 1.54) is 0 Å². The van der Waals surface area contributed by atoms with E-state index in [-0.39, 0.29) is 0 Å². The second-order valence-corrected chi connectivity index (χ2v) is 19.9. The van der Waals surface area contributed by atoms with E-state index in [2.05, 4.69) is 384 Å². The van der Waals surface area contributed by atoms with Crippen LogP contribution < -0.4 is 19.6 Å². The van der Waals surface area contributed by atoms with Gasteiger partial charge >= 0.3 is 0 Å². The Morgan fingerprint density at radius 1 is 0.134 bits per heavy atom. The summed E-state index contributed by atoms with van der Waals surface area (Å²) in [4.78, 5) is 9.22. The Kier molecular flexibility index (Phi) is 15.9. The Bertz CT molecular complexity index is 3510. The second-order valence-electron chi connectivity index (χ2n) is 19.9. The van der Waals surface area contributed by atoms with Gasteiger partial charge in [-0.2, -0.15) is 0 Å². The van der Waals surface area contributed by atoms with E-state index in [0.29, 0.717) is 0 Å². The molecule has 0 saturated heterocycles. The fourth-order valence-corrected chi connectivity index (χ4v) is 10.3. The van der Waals surface area contributed by atoms with Gasteiger partial charge in [0.2, 0.25) is 0 Å². The summed E-state index contributed by atoms with van der Waals surface area (Å²) in [5, 5.41) is 0. The molecule has 0 aliphatic heterocycles. The highest BCUT2D eigenvalue weighted by Crippen LogP contribution is 2.40. The topological polar surface area (TPSA) is 13.0 Å². The van der Waals surface area contributed by atoms with E-state index in [1.807, 2.05) is 0 Å². The number of nitrogens with zero attached hydrogens (tertiary/aromatic N) is 4. The van der Waals surface area contributed by atoms with Crippen LogP contribution in [0, 0.1) is 0 Å². The summed E-state index contributed by atoms with van der Waals surface area (Å²) in [6.45, 7) is 0. The summed E-state index contributed by atoms with van der Waals surface area (Å²) < 4.78 is 0. The smallest absolute Gasteiger partial charge is 0.0467 e. The lowest BCUT2D eigenvalue weighted by Gasteiger charge is -2.26. The third kappa shape index (κ3) is 12.5. The van der Waals surface area contributed by atoms with Crippen molar-refractivity contribution in [3.05, 3.63) is 361 Å². The van der Waals surface area contributed by atoms with Gasteiger partial charge in [-0.1, -0.05) is 218 Å². The molecule has 0 N–H and O–H groups in total. The first kappa shape index (κ1) is 51.8. The van der Waals surface area contributed by atoms with Crippen molar-refractivity contribution in [2.45, 2.75) is 0 Å². The van der Waals surface area contributed by atoms with Crippen molar-refractivity contribution >= 4 is 105 Å². The van der Waals surface area contributed by atoms with E-state index >= 15 is 0 Å². The second kappa shape index (κ2) is 25.2. The summed E-state index contributed by atoms with van der Waals surface area (Å²) in [7, 11) is 0. The van der Waals surface area contributed by atoms with Crippen molar-refractivity contribution < 1.29 is 0 Å². The number of hydrogen-bond acceptors (Lipinski definition) is 4. The number of benzene rings is 12. The van der Waals surface area contributed by atoms with Crippen LogP contribution in [0.1, 0.15) is 33.4 Å². The zero-order valence-corrected chi connectivity index (χ0v) is 45.4. The standard InChI is InChI=1S/C78H60N4/c1-7-25-67(26-8-1)79(68-27-9-2-10-28-68)73-52-46-61(47-53-73)40-43-64-22-19-37-76(58-64)82(77-38-20-23-65(59-77)44-41-62-48-54-74(55-49-62)80(69-29-11-3-12-30-69)70-31-13-4-14-32-70)78-39-21-24-66(60-78)45-42-63-50-56-75(57-51-63)81(71-33-15-5-16-34-71)72-35-17-6-18-36-72/h1-60H. The summed E-state index contributed by atoms with van der Waals surface area (Å²) in [5.74, 6) is 0. The molecule has 0 heterocycles. The van der Waals surface area contributed by atoms with E-state index in [4.69, 9.17) is 0 Å². The van der Waals surface area contributed by atoms with Gasteiger partial charge in [0.15, 0.2) is 0 Å². The average molecular weight is 1050 g/mol. The largest absolute Gasteiger partial charge is 0.311 e. The fourth-order valence-electron chi connectivity index (χ4n) is 10.3. The van der Waals surface area contributed by atoms with Crippen molar-refractivity contribution in [3.63, 3.8) is 0 Å². The van der Waals surface area contributed by atoms with E-state index in [0.717, 1.165) is 102 Å². The van der Waals surface area contributed by atoms with Crippen molar-refractivity contribution in [2.24, 2.45) is 0 Å². The zero-order valence-electron chi connectivity index (χ0n) is 45.4. The monoisotopic (exact) mass is 1050 g/mol. The van der Waals surface area contributed by atoms with E-state index in [9.17, 15) is 0 Å². The molecule has 0 saturated carbocycles. The molecular formula is C78H60N4. The Hall–Kier alpha value is -10.9. The molecule has 82 heavy (non-hydrogen) atoms. The predicted molar refractivity (Wildman–Crippen MR) is 351 cm³/mol. The first-order valence-electron chi connectivity index (χ1n) is 27.8. The van der Waals surface area contributed by atoms with Gasteiger partial charge in [0, 0.05) is 68.2 Å². The van der Waals surface area contributed by atoms with Gasteiger partial charge in [0.25, 0.3) is 0 Å². The molecule has 392 valence electrons. The number of rotatable bonds is 18. The maximum Gasteiger partial charge on any atom is 0.0467 e. The highest BCUT2D eigenvalue weighted by molar-refractivity contribution is 5.85. The van der Waals surface area contributed by atoms with Crippen LogP contribution in [-0.2, 0) is 0 Å². The van der Waals surface area contributed by atoms with Crippen molar-refractivity contribution in [1.82, 2.24) is 0 Å². The van der Waals surface area contributed by atoms with Gasteiger partial charge in [-0.25, -0.2) is 0 Å². The van der Waals surface area contributed by atoms with Gasteiger partial charge in [-0.05, 0) is 179 Å². The highest BCUT2D eigenvalue weighted by atomic mass is 15.2. The van der Waals surface area contributed by atoms with Gasteiger partial charge in [-0.15, -0.1) is 0 Å². The number of anilines is 12. The molecule has 12 aromatic rings. The third-order valence-corrected chi connectivity index (χ3v) is 14.3. The molecule has 0 atom stereocenters. The third-order valence-electron chi connectivity index (χ3n) is 14.3. The molecule has 0 fully saturated rings. The van der Waals surface area contributed by atoms with Crippen LogP contribution in [0.3, 0.4) is 0 Å². The van der Waals surface area contributed by atoms with E-state index < -0.39 is 0 Å². The Labute approximate surface area is 482 Å². The summed E-state index contributed by atoms with van der Waals surface area (Å²) in [6, 6.07) is 116. The Balaban J connectivity index is 0.839. The minimum Gasteiger partial charge on any atom is -0.311 e. The lowest BCUT2D eigenvalue weighted by atomic mass is 10.1. The normalized spacial score (nSPS) is 11.3. The lowest BCUT2D eigenvalue weighted by molar-refractivity contribution is 1.28. The molecule has 12 rings (SSSR count). The van der Waals surface area contributed by atoms with Crippen LogP contribution in [0.5, 0.6) is 0 Å². The van der Waals surface area contributed by atoms with Crippen LogP contribution in [0.15, 0.2) is 328 Å². The molecule has 12 aromatic carbocycles. The maximum absolute atomic E-state index is 2.36. The van der Waals surface area contributed by atoms with Crippen molar-refractivity contribution in [1.29, 1.82) is 0 Å². The summed E-state index contributed by atoms with van der Waals surface area (Å²) in [5.41, 5.74) is 19.8. The minimum absolute atomic E-state index is 1.05. The van der Waals surface area contributed by atoms with Crippen LogP contribution in [0.4, 0.5) is 68.2 Å². The minimum atomic E-state index is 1.05. The Morgan fingerprint density at radius 2 is 0.305 bits per heavy atom. The molecule has 0 aromatic heterocycles. The molecule has 0 spiro atoms. The van der Waals surface area contributed by atoms with Gasteiger partial charge < -0.3 is 19.6 Å². The molecule has 0 aliphatic rings. The highest BCUT2D eigenvalue weighted by Gasteiger charge is 2.17. The van der Waals surface area contributed by atoms with Crippen molar-refractivity contribution in [2.75, 3.05) is 19.6 Å². The quantitative estimate of drug-likeness (QED) is 0.0794. The predicted octanol–water partition coefficient (Wildman–Crippen LogP) is 22.1. The lowest BCUT2D eigenvalue weighted by Crippen LogP contribution is -2.10. The zero-order chi connectivity index (χ0) is 55.1. The summed E-state index contributed by atoms with van der Waals surface area (Å²) in [6.07, 6.45) is 13.2. The molecule has 4 heteroatoms. The van der Waals surface area contributed by atoms with Crippen molar-refractivity contribution in [3.8, 4) is 0 Å². The molecule has 0 aliphatic carbocycles. The molecule has 0 radical (unpaired) electrons. The van der Waals surface area contributed by atoms with Crippen LogP contribution >= 0.6 is 0 Å².